The van der Waals surface area contributed by atoms with Crippen LogP contribution < -0.4 is 10.5 Å². The van der Waals surface area contributed by atoms with Gasteiger partial charge in [0.15, 0.2) is 0 Å². The lowest BCUT2D eigenvalue weighted by molar-refractivity contribution is -0.119. The zero-order chi connectivity index (χ0) is 17.1. The topological polar surface area (TPSA) is 55.2 Å². The van der Waals surface area contributed by atoms with Crippen molar-refractivity contribution in [2.45, 2.75) is 13.5 Å². The van der Waals surface area contributed by atoms with Crippen molar-refractivity contribution in [2.24, 2.45) is 0 Å². The van der Waals surface area contributed by atoms with Gasteiger partial charge in [0.25, 0.3) is 5.56 Å². The minimum atomic E-state index is -0.509. The van der Waals surface area contributed by atoms with E-state index in [0.29, 0.717) is 12.1 Å². The molecule has 0 bridgehead atoms. The molecule has 0 aliphatic heterocycles. The van der Waals surface area contributed by atoms with Crippen LogP contribution in [0.25, 0.3) is 10.9 Å². The van der Waals surface area contributed by atoms with Crippen LogP contribution in [-0.4, -0.2) is 22.0 Å². The molecular weight excluding hydrogens is 309 g/mol. The maximum absolute atomic E-state index is 13.4. The van der Waals surface area contributed by atoms with E-state index >= 15 is 0 Å². The van der Waals surface area contributed by atoms with Gasteiger partial charge in [0.1, 0.15) is 12.4 Å². The monoisotopic (exact) mass is 325 g/mol. The summed E-state index contributed by atoms with van der Waals surface area (Å²) in [5, 5.41) is 0.160. The van der Waals surface area contributed by atoms with Crippen LogP contribution in [0.2, 0.25) is 0 Å². The molecule has 0 N–H and O–H groups in total. The smallest absolute Gasteiger partial charge is 0.261 e. The Morgan fingerprint density at radius 3 is 2.67 bits per heavy atom. The molecule has 1 heterocycles. The van der Waals surface area contributed by atoms with Gasteiger partial charge in [-0.25, -0.2) is 9.37 Å². The molecule has 3 rings (SSSR count). The molecule has 0 aliphatic carbocycles. The van der Waals surface area contributed by atoms with E-state index in [4.69, 9.17) is 0 Å². The molecule has 0 atom stereocenters. The van der Waals surface area contributed by atoms with Crippen molar-refractivity contribution in [3.63, 3.8) is 0 Å². The highest BCUT2D eigenvalue weighted by atomic mass is 19.1. The van der Waals surface area contributed by atoms with Crippen molar-refractivity contribution < 1.29 is 9.18 Å². The van der Waals surface area contributed by atoms with E-state index in [1.807, 2.05) is 37.3 Å². The Hall–Kier alpha value is -3.02. The van der Waals surface area contributed by atoms with Gasteiger partial charge in [-0.15, -0.1) is 0 Å². The van der Waals surface area contributed by atoms with Gasteiger partial charge in [-0.1, -0.05) is 18.2 Å². The normalized spacial score (nSPS) is 10.8. The summed E-state index contributed by atoms with van der Waals surface area (Å²) in [5.74, 6) is -0.742. The zero-order valence-electron chi connectivity index (χ0n) is 13.1. The molecule has 0 fully saturated rings. The Kier molecular flexibility index (Phi) is 4.37. The predicted octanol–water partition coefficient (Wildman–Crippen LogP) is 2.59. The number of rotatable bonds is 4. The number of aromatic nitrogens is 2. The second-order valence-electron chi connectivity index (χ2n) is 5.31. The Morgan fingerprint density at radius 1 is 1.21 bits per heavy atom. The van der Waals surface area contributed by atoms with Gasteiger partial charge in [0.05, 0.1) is 17.2 Å². The third-order valence-electron chi connectivity index (χ3n) is 3.78. The molecule has 122 valence electrons. The molecule has 1 amide bonds. The first-order chi connectivity index (χ1) is 11.6. The van der Waals surface area contributed by atoms with Crippen molar-refractivity contribution in [3.8, 4) is 0 Å². The summed E-state index contributed by atoms with van der Waals surface area (Å²) in [6.45, 7) is 2.19. The van der Waals surface area contributed by atoms with E-state index in [0.717, 1.165) is 11.8 Å². The lowest BCUT2D eigenvalue weighted by Gasteiger charge is -2.21. The molecule has 1 aromatic heterocycles. The predicted molar refractivity (Wildman–Crippen MR) is 90.4 cm³/mol. The Labute approximate surface area is 138 Å². The van der Waals surface area contributed by atoms with Crippen LogP contribution in [-0.2, 0) is 11.3 Å². The van der Waals surface area contributed by atoms with E-state index in [1.54, 1.807) is 4.90 Å². The minimum absolute atomic E-state index is 0.152. The number of benzene rings is 2. The summed E-state index contributed by atoms with van der Waals surface area (Å²) in [6, 6.07) is 13.1. The molecule has 0 saturated heterocycles. The van der Waals surface area contributed by atoms with Crippen molar-refractivity contribution in [1.29, 1.82) is 0 Å². The molecule has 24 heavy (non-hydrogen) atoms. The van der Waals surface area contributed by atoms with Gasteiger partial charge in [0.2, 0.25) is 5.91 Å². The Balaban J connectivity index is 1.93. The lowest BCUT2D eigenvalue weighted by Crippen LogP contribution is -2.36. The highest BCUT2D eigenvalue weighted by molar-refractivity contribution is 5.93. The second-order valence-corrected chi connectivity index (χ2v) is 5.31. The number of carbonyl (C=O) groups excluding carboxylic acids is 1. The number of hydrogen-bond acceptors (Lipinski definition) is 3. The first-order valence-corrected chi connectivity index (χ1v) is 7.60. The number of nitrogens with zero attached hydrogens (tertiary/aromatic N) is 3. The molecule has 0 aliphatic rings. The number of carbonyl (C=O) groups is 1. The fourth-order valence-corrected chi connectivity index (χ4v) is 2.59. The SMILES string of the molecule is CCN(C(=O)Cn1cnc2ccc(F)cc2c1=O)c1ccccc1. The molecule has 0 saturated carbocycles. The van der Waals surface area contributed by atoms with Crippen molar-refractivity contribution in [3.05, 3.63) is 71.0 Å². The summed E-state index contributed by atoms with van der Waals surface area (Å²) in [7, 11) is 0. The standard InChI is InChI=1S/C18H16FN3O2/c1-2-22(14-6-4-3-5-7-14)17(23)11-21-12-20-16-9-8-13(19)10-15(16)18(21)24/h3-10,12H,2,11H2,1H3. The van der Waals surface area contributed by atoms with Gasteiger partial charge >= 0.3 is 0 Å². The summed E-state index contributed by atoms with van der Waals surface area (Å²) in [5.41, 5.74) is 0.732. The van der Waals surface area contributed by atoms with Crippen LogP contribution in [0.4, 0.5) is 10.1 Å². The van der Waals surface area contributed by atoms with Crippen LogP contribution in [0.15, 0.2) is 59.7 Å². The average molecular weight is 325 g/mol. The molecule has 5 nitrogen and oxygen atoms in total. The van der Waals surface area contributed by atoms with Crippen molar-refractivity contribution in [1.82, 2.24) is 9.55 Å². The van der Waals surface area contributed by atoms with Crippen molar-refractivity contribution >= 4 is 22.5 Å². The largest absolute Gasteiger partial charge is 0.311 e. The average Bonchev–Trinajstić information content (AvgIpc) is 2.59. The van der Waals surface area contributed by atoms with Crippen molar-refractivity contribution in [2.75, 3.05) is 11.4 Å². The first-order valence-electron chi connectivity index (χ1n) is 7.60. The van der Waals surface area contributed by atoms with Crippen LogP contribution >= 0.6 is 0 Å². The van der Waals surface area contributed by atoms with E-state index in [1.165, 1.54) is 23.0 Å². The van der Waals surface area contributed by atoms with Gasteiger partial charge in [-0.3, -0.25) is 14.2 Å². The minimum Gasteiger partial charge on any atom is -0.311 e. The molecule has 0 radical (unpaired) electrons. The fourth-order valence-electron chi connectivity index (χ4n) is 2.59. The Morgan fingerprint density at radius 2 is 1.96 bits per heavy atom. The maximum atomic E-state index is 13.4. The van der Waals surface area contributed by atoms with E-state index in [2.05, 4.69) is 4.98 Å². The van der Waals surface area contributed by atoms with E-state index in [-0.39, 0.29) is 17.8 Å². The quantitative estimate of drug-likeness (QED) is 0.741. The lowest BCUT2D eigenvalue weighted by atomic mass is 10.2. The highest BCUT2D eigenvalue weighted by Gasteiger charge is 2.15. The third-order valence-corrected chi connectivity index (χ3v) is 3.78. The second kappa shape index (κ2) is 6.62. The number of anilines is 1. The number of amides is 1. The van der Waals surface area contributed by atoms with E-state index in [9.17, 15) is 14.0 Å². The summed E-state index contributed by atoms with van der Waals surface area (Å²) in [6.07, 6.45) is 1.32. The van der Waals surface area contributed by atoms with Crippen LogP contribution in [0.3, 0.4) is 0 Å². The van der Waals surface area contributed by atoms with Crippen LogP contribution in [0, 0.1) is 5.82 Å². The van der Waals surface area contributed by atoms with Gasteiger partial charge in [-0.05, 0) is 37.3 Å². The van der Waals surface area contributed by atoms with Gasteiger partial charge in [0, 0.05) is 12.2 Å². The molecule has 2 aromatic carbocycles. The van der Waals surface area contributed by atoms with E-state index < -0.39 is 11.4 Å². The summed E-state index contributed by atoms with van der Waals surface area (Å²) >= 11 is 0. The molecule has 3 aromatic rings. The number of hydrogen-bond donors (Lipinski definition) is 0. The Bertz CT molecular complexity index is 938. The summed E-state index contributed by atoms with van der Waals surface area (Å²) < 4.78 is 14.6. The highest BCUT2D eigenvalue weighted by Crippen LogP contribution is 2.14. The number of fused-ring (bicyclic) bond motifs is 1. The molecule has 0 spiro atoms. The maximum Gasteiger partial charge on any atom is 0.261 e. The van der Waals surface area contributed by atoms with Crippen LogP contribution in [0.5, 0.6) is 0 Å². The summed E-state index contributed by atoms with van der Waals surface area (Å²) in [4.78, 5) is 30.7. The third kappa shape index (κ3) is 3.03. The fraction of sp³-hybridized carbons (Fsp3) is 0.167. The molecule has 0 unspecified atom stereocenters. The number of likely N-dealkylation sites (N-methyl/N-ethyl adjacent to an activating group) is 1. The zero-order valence-corrected chi connectivity index (χ0v) is 13.1. The first kappa shape index (κ1) is 15.9. The van der Waals surface area contributed by atoms with Gasteiger partial charge in [-0.2, -0.15) is 0 Å². The number of para-hydroxylation sites is 1. The molecular formula is C18H16FN3O2. The van der Waals surface area contributed by atoms with Crippen LogP contribution in [0.1, 0.15) is 6.92 Å². The molecule has 6 heteroatoms. The number of halogens is 1. The van der Waals surface area contributed by atoms with Gasteiger partial charge < -0.3 is 4.90 Å².